The molecular formula is C35H41N3O5. The van der Waals surface area contributed by atoms with Crippen molar-refractivity contribution < 1.29 is 23.8 Å². The number of fused-ring (bicyclic) bond motifs is 1. The van der Waals surface area contributed by atoms with Crippen LogP contribution in [0.1, 0.15) is 60.4 Å². The second-order valence-corrected chi connectivity index (χ2v) is 11.3. The first-order chi connectivity index (χ1) is 20.8. The van der Waals surface area contributed by atoms with E-state index in [0.717, 1.165) is 53.3 Å². The number of anilines is 1. The monoisotopic (exact) mass is 583 g/mol. The lowest BCUT2D eigenvalue weighted by atomic mass is 9.94. The van der Waals surface area contributed by atoms with Crippen LogP contribution in [0.25, 0.3) is 10.9 Å². The number of H-pyrrole nitrogens is 1. The largest absolute Gasteiger partial charge is 0.493 e. The molecule has 8 nitrogen and oxygen atoms in total. The van der Waals surface area contributed by atoms with Crippen LogP contribution < -0.4 is 24.4 Å². The second-order valence-electron chi connectivity index (χ2n) is 11.3. The fraction of sp³-hybridized carbons (Fsp3) is 0.371. The van der Waals surface area contributed by atoms with Crippen molar-refractivity contribution in [2.75, 3.05) is 26.2 Å². The van der Waals surface area contributed by atoms with E-state index in [4.69, 9.17) is 14.2 Å². The van der Waals surface area contributed by atoms with Gasteiger partial charge < -0.3 is 24.5 Å². The summed E-state index contributed by atoms with van der Waals surface area (Å²) in [6, 6.07) is 16.4. The third kappa shape index (κ3) is 6.33. The summed E-state index contributed by atoms with van der Waals surface area (Å²) < 4.78 is 16.9. The predicted molar refractivity (Wildman–Crippen MR) is 169 cm³/mol. The second kappa shape index (κ2) is 13.2. The van der Waals surface area contributed by atoms with E-state index in [1.54, 1.807) is 38.4 Å². The average molecular weight is 584 g/mol. The Hall–Kier alpha value is -4.46. The Bertz CT molecular complexity index is 1580. The Morgan fingerprint density at radius 1 is 0.907 bits per heavy atom. The van der Waals surface area contributed by atoms with Gasteiger partial charge in [0.15, 0.2) is 11.5 Å². The van der Waals surface area contributed by atoms with Gasteiger partial charge in [-0.15, -0.1) is 0 Å². The number of rotatable bonds is 10. The van der Waals surface area contributed by atoms with Crippen molar-refractivity contribution in [3.05, 3.63) is 83.0 Å². The molecule has 0 bridgehead atoms. The molecular weight excluding hydrogens is 542 g/mol. The molecule has 4 aromatic rings. The van der Waals surface area contributed by atoms with Gasteiger partial charge >= 0.3 is 0 Å². The van der Waals surface area contributed by atoms with Crippen molar-refractivity contribution in [3.8, 4) is 17.2 Å². The summed E-state index contributed by atoms with van der Waals surface area (Å²) in [5, 5.41) is 4.27. The molecule has 0 radical (unpaired) electrons. The van der Waals surface area contributed by atoms with Gasteiger partial charge in [-0.05, 0) is 79.3 Å². The van der Waals surface area contributed by atoms with E-state index in [-0.39, 0.29) is 24.3 Å². The number of aromatic amines is 1. The SMILES string of the molecule is COc1cc([C@H](C(=O)NC2CCCCC2)N(C(=O)Cc2c[nH]c3ccccc23)c2ccc(C)c(C)c2)cc(OC)c1OC. The van der Waals surface area contributed by atoms with E-state index in [1.807, 2.05) is 62.5 Å². The van der Waals surface area contributed by atoms with E-state index in [1.165, 1.54) is 6.42 Å². The van der Waals surface area contributed by atoms with Gasteiger partial charge in [-0.2, -0.15) is 0 Å². The number of hydrogen-bond donors (Lipinski definition) is 2. The number of aryl methyl sites for hydroxylation is 2. The molecule has 0 spiro atoms. The van der Waals surface area contributed by atoms with Crippen LogP contribution in [0, 0.1) is 13.8 Å². The number of nitrogens with zero attached hydrogens (tertiary/aromatic N) is 1. The number of para-hydroxylation sites is 1. The van der Waals surface area contributed by atoms with Crippen LogP contribution in [0.15, 0.2) is 60.8 Å². The third-order valence-electron chi connectivity index (χ3n) is 8.51. The number of ether oxygens (including phenoxy) is 3. The number of methoxy groups -OCH3 is 3. The first-order valence-corrected chi connectivity index (χ1v) is 14.9. The van der Waals surface area contributed by atoms with Crippen molar-refractivity contribution in [3.63, 3.8) is 0 Å². The number of nitrogens with one attached hydrogen (secondary N) is 2. The maximum Gasteiger partial charge on any atom is 0.248 e. The fourth-order valence-electron chi connectivity index (χ4n) is 6.04. The number of carbonyl (C=O) groups excluding carboxylic acids is 2. The zero-order valence-corrected chi connectivity index (χ0v) is 25.7. The van der Waals surface area contributed by atoms with E-state index < -0.39 is 6.04 Å². The highest BCUT2D eigenvalue weighted by molar-refractivity contribution is 6.03. The van der Waals surface area contributed by atoms with Gasteiger partial charge in [-0.25, -0.2) is 0 Å². The number of aromatic nitrogens is 1. The molecule has 1 heterocycles. The Kier molecular flexibility index (Phi) is 9.24. The summed E-state index contributed by atoms with van der Waals surface area (Å²) in [4.78, 5) is 33.9. The van der Waals surface area contributed by atoms with Crippen LogP contribution in [-0.2, 0) is 16.0 Å². The van der Waals surface area contributed by atoms with Crippen LogP contribution >= 0.6 is 0 Å². The number of hydrogen-bond acceptors (Lipinski definition) is 5. The molecule has 1 fully saturated rings. The third-order valence-corrected chi connectivity index (χ3v) is 8.51. The van der Waals surface area contributed by atoms with Crippen molar-refractivity contribution in [1.29, 1.82) is 0 Å². The molecule has 8 heteroatoms. The minimum atomic E-state index is -0.990. The molecule has 0 unspecified atom stereocenters. The smallest absolute Gasteiger partial charge is 0.248 e. The van der Waals surface area contributed by atoms with Gasteiger partial charge in [0.2, 0.25) is 17.6 Å². The first kappa shape index (κ1) is 30.0. The molecule has 2 amide bonds. The maximum absolute atomic E-state index is 14.5. The zero-order valence-electron chi connectivity index (χ0n) is 25.7. The summed E-state index contributed by atoms with van der Waals surface area (Å²) in [6.45, 7) is 4.04. The Balaban J connectivity index is 1.66. The highest BCUT2D eigenvalue weighted by Crippen LogP contribution is 2.42. The van der Waals surface area contributed by atoms with Gasteiger partial charge in [0.1, 0.15) is 6.04 Å². The van der Waals surface area contributed by atoms with E-state index in [2.05, 4.69) is 10.3 Å². The summed E-state index contributed by atoms with van der Waals surface area (Å²) in [5.41, 5.74) is 5.16. The molecule has 1 atom stereocenters. The van der Waals surface area contributed by atoms with Gasteiger partial charge in [-0.1, -0.05) is 43.5 Å². The van der Waals surface area contributed by atoms with Crippen LogP contribution in [0.5, 0.6) is 17.2 Å². The van der Waals surface area contributed by atoms with Gasteiger partial charge in [0.05, 0.1) is 27.8 Å². The molecule has 1 aliphatic rings. The van der Waals surface area contributed by atoms with E-state index in [0.29, 0.717) is 28.5 Å². The van der Waals surface area contributed by atoms with Crippen molar-refractivity contribution in [2.24, 2.45) is 0 Å². The van der Waals surface area contributed by atoms with Crippen LogP contribution in [0.2, 0.25) is 0 Å². The van der Waals surface area contributed by atoms with E-state index >= 15 is 0 Å². The van der Waals surface area contributed by atoms with E-state index in [9.17, 15) is 9.59 Å². The normalized spacial score (nSPS) is 14.3. The van der Waals surface area contributed by atoms with Gasteiger partial charge in [-0.3, -0.25) is 14.5 Å². The van der Waals surface area contributed by atoms with Crippen molar-refractivity contribution in [2.45, 2.75) is 64.5 Å². The highest BCUT2D eigenvalue weighted by Gasteiger charge is 2.36. The van der Waals surface area contributed by atoms with Crippen LogP contribution in [-0.4, -0.2) is 44.2 Å². The average Bonchev–Trinajstić information content (AvgIpc) is 3.43. The Labute approximate surface area is 253 Å². The Morgan fingerprint density at radius 2 is 1.60 bits per heavy atom. The number of amides is 2. The van der Waals surface area contributed by atoms with Gasteiger partial charge in [0, 0.05) is 28.8 Å². The first-order valence-electron chi connectivity index (χ1n) is 14.9. The molecule has 0 aliphatic heterocycles. The molecule has 0 saturated heterocycles. The topological polar surface area (TPSA) is 92.9 Å². The lowest BCUT2D eigenvalue weighted by molar-refractivity contribution is -0.127. The highest BCUT2D eigenvalue weighted by atomic mass is 16.5. The predicted octanol–water partition coefficient (Wildman–Crippen LogP) is 6.58. The molecule has 43 heavy (non-hydrogen) atoms. The summed E-state index contributed by atoms with van der Waals surface area (Å²) >= 11 is 0. The quantitative estimate of drug-likeness (QED) is 0.220. The van der Waals surface area contributed by atoms with Gasteiger partial charge in [0.25, 0.3) is 0 Å². The zero-order chi connectivity index (χ0) is 30.5. The molecule has 1 saturated carbocycles. The van der Waals surface area contributed by atoms with Crippen molar-refractivity contribution >= 4 is 28.4 Å². The summed E-state index contributed by atoms with van der Waals surface area (Å²) in [7, 11) is 4.63. The fourth-order valence-corrected chi connectivity index (χ4v) is 6.04. The van der Waals surface area contributed by atoms with Crippen LogP contribution in [0.4, 0.5) is 5.69 Å². The molecule has 1 aliphatic carbocycles. The minimum absolute atomic E-state index is 0.0520. The molecule has 226 valence electrons. The summed E-state index contributed by atoms with van der Waals surface area (Å²) in [5.74, 6) is 0.799. The van der Waals surface area contributed by atoms with Crippen molar-refractivity contribution in [1.82, 2.24) is 10.3 Å². The lowest BCUT2D eigenvalue weighted by Crippen LogP contribution is -2.47. The molecule has 3 aromatic carbocycles. The number of benzene rings is 3. The van der Waals surface area contributed by atoms with Crippen LogP contribution in [0.3, 0.4) is 0 Å². The maximum atomic E-state index is 14.5. The molecule has 5 rings (SSSR count). The lowest BCUT2D eigenvalue weighted by Gasteiger charge is -2.34. The molecule has 1 aromatic heterocycles. The number of carbonyl (C=O) groups is 2. The standard InChI is InChI=1S/C35H41N3O5/c1-22-15-16-27(17-23(22)2)38(32(39)20-25-21-36-29-14-10-9-13-28(25)29)33(35(40)37-26-11-7-6-8-12-26)24-18-30(41-3)34(43-5)31(19-24)42-4/h9-10,13-19,21,26,33,36H,6-8,11-12,20H2,1-5H3,(H,37,40)/t33-/m1/s1. The molecule has 2 N–H and O–H groups in total. The Morgan fingerprint density at radius 3 is 2.26 bits per heavy atom. The minimum Gasteiger partial charge on any atom is -0.493 e. The summed E-state index contributed by atoms with van der Waals surface area (Å²) in [6.07, 6.45) is 7.12.